The summed E-state index contributed by atoms with van der Waals surface area (Å²) in [5.74, 6) is 2.10. The molecule has 0 spiro atoms. The third-order valence-corrected chi connectivity index (χ3v) is 5.05. The van der Waals surface area contributed by atoms with Crippen LogP contribution in [0, 0.1) is 10.1 Å². The topological polar surface area (TPSA) is 114 Å². The number of carbonyl (C=O) groups is 1. The van der Waals surface area contributed by atoms with Gasteiger partial charge in [-0.05, 0) is 50.9 Å². The Balaban J connectivity index is 1.24. The summed E-state index contributed by atoms with van der Waals surface area (Å²) in [7, 11) is 0. The summed E-state index contributed by atoms with van der Waals surface area (Å²) < 4.78 is 5.80. The number of hydrogen-bond acceptors (Lipinski definition) is 7. The van der Waals surface area contributed by atoms with E-state index < -0.39 is 4.92 Å². The van der Waals surface area contributed by atoms with Crippen LogP contribution in [0.4, 0.5) is 11.4 Å². The van der Waals surface area contributed by atoms with Gasteiger partial charge in [0.15, 0.2) is 0 Å². The van der Waals surface area contributed by atoms with Crippen LogP contribution in [-0.2, 0) is 4.79 Å². The first-order chi connectivity index (χ1) is 13.1. The molecular weight excluding hydrogens is 350 g/mol. The molecule has 2 fully saturated rings. The monoisotopic (exact) mass is 371 g/mol. The molecule has 1 aromatic carbocycles. The Morgan fingerprint density at radius 1 is 1.11 bits per heavy atom. The fraction of sp³-hybridized carbons (Fsp3) is 0.500. The van der Waals surface area contributed by atoms with Crippen molar-refractivity contribution in [3.05, 3.63) is 46.2 Å². The van der Waals surface area contributed by atoms with Crippen molar-refractivity contribution in [2.45, 2.75) is 37.5 Å². The zero-order valence-electron chi connectivity index (χ0n) is 14.8. The number of carbonyl (C=O) groups excluding carboxylic acids is 1. The number of aromatic nitrogens is 2. The fourth-order valence-electron chi connectivity index (χ4n) is 3.31. The van der Waals surface area contributed by atoms with Crippen LogP contribution in [0.15, 0.2) is 28.7 Å². The average Bonchev–Trinajstić information content (AvgIpc) is 3.40. The van der Waals surface area contributed by atoms with Crippen molar-refractivity contribution < 1.29 is 14.1 Å². The lowest BCUT2D eigenvalue weighted by Crippen LogP contribution is -2.38. The van der Waals surface area contributed by atoms with E-state index >= 15 is 0 Å². The number of likely N-dealkylation sites (tertiary alicyclic amines) is 1. The van der Waals surface area contributed by atoms with Crippen LogP contribution in [0.25, 0.3) is 0 Å². The van der Waals surface area contributed by atoms with Crippen LogP contribution in [0.2, 0.25) is 0 Å². The maximum atomic E-state index is 12.2. The summed E-state index contributed by atoms with van der Waals surface area (Å²) in [4.78, 5) is 24.5. The van der Waals surface area contributed by atoms with Gasteiger partial charge in [-0.3, -0.25) is 19.8 Å². The van der Waals surface area contributed by atoms with Crippen LogP contribution in [0.1, 0.15) is 49.3 Å². The standard InChI is InChI=1S/C18H21N5O4/c24-16(19-14-3-5-15(6-4-14)23(25)26)11-22-9-7-13(8-10-22)18-21-20-17(27-18)12-1-2-12/h3-6,12-13H,1-2,7-11H2,(H,19,24). The van der Waals surface area contributed by atoms with Gasteiger partial charge in [0.05, 0.1) is 11.5 Å². The van der Waals surface area contributed by atoms with Gasteiger partial charge in [-0.1, -0.05) is 0 Å². The zero-order chi connectivity index (χ0) is 18.8. The fourth-order valence-corrected chi connectivity index (χ4v) is 3.31. The van der Waals surface area contributed by atoms with E-state index in [-0.39, 0.29) is 17.5 Å². The highest BCUT2D eigenvalue weighted by atomic mass is 16.6. The Labute approximate surface area is 155 Å². The van der Waals surface area contributed by atoms with Gasteiger partial charge in [-0.25, -0.2) is 0 Å². The summed E-state index contributed by atoms with van der Waals surface area (Å²) >= 11 is 0. The number of piperidine rings is 1. The van der Waals surface area contributed by atoms with Gasteiger partial charge < -0.3 is 9.73 Å². The molecule has 0 atom stereocenters. The number of nitro benzene ring substituents is 1. The number of amides is 1. The molecule has 4 rings (SSSR count). The summed E-state index contributed by atoms with van der Waals surface area (Å²) in [6.07, 6.45) is 4.06. The minimum absolute atomic E-state index is 0.000870. The first-order valence-corrected chi connectivity index (χ1v) is 9.18. The van der Waals surface area contributed by atoms with Gasteiger partial charge in [0.1, 0.15) is 0 Å². The number of benzene rings is 1. The highest BCUT2D eigenvalue weighted by Gasteiger charge is 2.32. The van der Waals surface area contributed by atoms with Gasteiger partial charge in [0, 0.05) is 29.7 Å². The molecule has 1 saturated heterocycles. The molecule has 1 N–H and O–H groups in total. The number of anilines is 1. The lowest BCUT2D eigenvalue weighted by molar-refractivity contribution is -0.384. The van der Waals surface area contributed by atoms with E-state index in [1.165, 1.54) is 24.3 Å². The Bertz CT molecular complexity index is 823. The molecule has 9 nitrogen and oxygen atoms in total. The lowest BCUT2D eigenvalue weighted by Gasteiger charge is -2.29. The van der Waals surface area contributed by atoms with E-state index in [1.54, 1.807) is 0 Å². The molecule has 2 aromatic rings. The predicted molar refractivity (Wildman–Crippen MR) is 96.4 cm³/mol. The highest BCUT2D eigenvalue weighted by Crippen LogP contribution is 2.40. The Morgan fingerprint density at radius 2 is 1.70 bits per heavy atom. The van der Waals surface area contributed by atoms with Crippen LogP contribution in [-0.4, -0.2) is 45.6 Å². The zero-order valence-corrected chi connectivity index (χ0v) is 14.8. The van der Waals surface area contributed by atoms with Crippen molar-refractivity contribution >= 4 is 17.3 Å². The second kappa shape index (κ2) is 7.43. The van der Waals surface area contributed by atoms with E-state index in [0.29, 0.717) is 18.2 Å². The van der Waals surface area contributed by atoms with Crippen LogP contribution in [0.5, 0.6) is 0 Å². The summed E-state index contributed by atoms with van der Waals surface area (Å²) in [5, 5.41) is 21.8. The second-order valence-electron chi connectivity index (χ2n) is 7.16. The number of nitro groups is 1. The van der Waals surface area contributed by atoms with Crippen molar-refractivity contribution in [3.63, 3.8) is 0 Å². The molecule has 1 saturated carbocycles. The summed E-state index contributed by atoms with van der Waals surface area (Å²) in [5.41, 5.74) is 0.555. The molecule has 0 bridgehead atoms. The van der Waals surface area contributed by atoms with Crippen molar-refractivity contribution in [2.24, 2.45) is 0 Å². The van der Waals surface area contributed by atoms with Crippen molar-refractivity contribution in [1.29, 1.82) is 0 Å². The minimum atomic E-state index is -0.466. The highest BCUT2D eigenvalue weighted by molar-refractivity contribution is 5.92. The van der Waals surface area contributed by atoms with Crippen LogP contribution < -0.4 is 5.32 Å². The molecule has 9 heteroatoms. The average molecular weight is 371 g/mol. The van der Waals surface area contributed by atoms with Crippen LogP contribution >= 0.6 is 0 Å². The smallest absolute Gasteiger partial charge is 0.269 e. The molecule has 27 heavy (non-hydrogen) atoms. The molecule has 1 aliphatic heterocycles. The van der Waals surface area contributed by atoms with Crippen molar-refractivity contribution in [2.75, 3.05) is 25.0 Å². The third-order valence-electron chi connectivity index (χ3n) is 5.05. The Morgan fingerprint density at radius 3 is 2.26 bits per heavy atom. The molecule has 2 heterocycles. The van der Waals surface area contributed by atoms with Gasteiger partial charge in [0.25, 0.3) is 5.69 Å². The summed E-state index contributed by atoms with van der Waals surface area (Å²) in [6, 6.07) is 5.83. The van der Waals surface area contributed by atoms with E-state index in [4.69, 9.17) is 4.42 Å². The lowest BCUT2D eigenvalue weighted by atomic mass is 9.97. The molecular formula is C18H21N5O4. The minimum Gasteiger partial charge on any atom is -0.425 e. The first kappa shape index (κ1) is 17.6. The Kier molecular flexibility index (Phi) is 4.85. The quantitative estimate of drug-likeness (QED) is 0.613. The summed E-state index contributed by atoms with van der Waals surface area (Å²) in [6.45, 7) is 1.87. The SMILES string of the molecule is O=C(CN1CCC(c2nnc(C3CC3)o2)CC1)Nc1ccc([N+](=O)[O-])cc1. The third kappa shape index (κ3) is 4.30. The second-order valence-corrected chi connectivity index (χ2v) is 7.16. The van der Waals surface area contributed by atoms with E-state index in [9.17, 15) is 14.9 Å². The largest absolute Gasteiger partial charge is 0.425 e. The maximum Gasteiger partial charge on any atom is 0.269 e. The van der Waals surface area contributed by atoms with Crippen LogP contribution in [0.3, 0.4) is 0 Å². The normalized spacial score (nSPS) is 18.4. The number of rotatable bonds is 6. The van der Waals surface area contributed by atoms with Gasteiger partial charge in [-0.2, -0.15) is 0 Å². The molecule has 1 aromatic heterocycles. The molecule has 0 radical (unpaired) electrons. The van der Waals surface area contributed by atoms with E-state index in [1.807, 2.05) is 0 Å². The predicted octanol–water partition coefficient (Wildman–Crippen LogP) is 2.67. The van der Waals surface area contributed by atoms with Gasteiger partial charge in [-0.15, -0.1) is 10.2 Å². The maximum absolute atomic E-state index is 12.2. The Hall–Kier alpha value is -2.81. The molecule has 1 aliphatic carbocycles. The molecule has 142 valence electrons. The number of nitrogens with one attached hydrogen (secondary N) is 1. The molecule has 2 aliphatic rings. The molecule has 1 amide bonds. The van der Waals surface area contributed by atoms with Gasteiger partial charge >= 0.3 is 0 Å². The van der Waals surface area contributed by atoms with Crippen molar-refractivity contribution in [3.8, 4) is 0 Å². The number of non-ortho nitro benzene ring substituents is 1. The van der Waals surface area contributed by atoms with Crippen molar-refractivity contribution in [1.82, 2.24) is 15.1 Å². The van der Waals surface area contributed by atoms with E-state index in [2.05, 4.69) is 20.4 Å². The molecule has 0 unspecified atom stereocenters. The first-order valence-electron chi connectivity index (χ1n) is 9.18. The number of hydrogen-bond donors (Lipinski definition) is 1. The number of nitrogens with zero attached hydrogens (tertiary/aromatic N) is 4. The van der Waals surface area contributed by atoms with E-state index in [0.717, 1.165) is 50.6 Å². The van der Waals surface area contributed by atoms with Gasteiger partial charge in [0.2, 0.25) is 17.7 Å².